The van der Waals surface area contributed by atoms with E-state index in [0.29, 0.717) is 18.2 Å². The summed E-state index contributed by atoms with van der Waals surface area (Å²) in [5.74, 6) is -0.217. The zero-order valence-electron chi connectivity index (χ0n) is 9.60. The van der Waals surface area contributed by atoms with Crippen molar-refractivity contribution < 1.29 is 9.53 Å². The highest BCUT2D eigenvalue weighted by molar-refractivity contribution is 7.15. The van der Waals surface area contributed by atoms with Crippen LogP contribution in [0, 0.1) is 0 Å². The maximum absolute atomic E-state index is 11.2. The second kappa shape index (κ2) is 6.44. The van der Waals surface area contributed by atoms with Gasteiger partial charge in [-0.3, -0.25) is 9.69 Å². The summed E-state index contributed by atoms with van der Waals surface area (Å²) in [5.41, 5.74) is 5.55. The molecule has 0 amide bonds. The lowest BCUT2D eigenvalue weighted by Crippen LogP contribution is -2.30. The Hall–Kier alpha value is -1.14. The Morgan fingerprint density at radius 3 is 2.94 bits per heavy atom. The van der Waals surface area contributed by atoms with Crippen molar-refractivity contribution in [2.45, 2.75) is 19.9 Å². The second-order valence-corrected chi connectivity index (χ2v) is 4.60. The molecule has 0 fully saturated rings. The molecule has 0 aliphatic rings. The average Bonchev–Trinajstić information content (AvgIpc) is 2.64. The van der Waals surface area contributed by atoms with Gasteiger partial charge in [0.25, 0.3) is 0 Å². The van der Waals surface area contributed by atoms with Crippen LogP contribution in [0.3, 0.4) is 0 Å². The molecule has 0 atom stereocenters. The molecule has 1 heterocycles. The largest absolute Gasteiger partial charge is 0.468 e. The molecule has 1 aromatic rings. The smallest absolute Gasteiger partial charge is 0.319 e. The molecule has 0 aliphatic carbocycles. The number of thiazole rings is 1. The number of hydrogen-bond donors (Lipinski definition) is 1. The Labute approximate surface area is 99.2 Å². The number of carbonyl (C=O) groups excluding carboxylic acids is 1. The molecule has 5 nitrogen and oxygen atoms in total. The van der Waals surface area contributed by atoms with Crippen LogP contribution in [0.15, 0.2) is 6.20 Å². The number of nitrogens with two attached hydrogens (primary N) is 1. The highest BCUT2D eigenvalue weighted by atomic mass is 32.1. The first-order valence-corrected chi connectivity index (χ1v) is 5.96. The van der Waals surface area contributed by atoms with Crippen LogP contribution in [0.1, 0.15) is 18.2 Å². The molecule has 2 N–H and O–H groups in total. The first kappa shape index (κ1) is 12.9. The highest BCUT2D eigenvalue weighted by Gasteiger charge is 2.11. The van der Waals surface area contributed by atoms with Crippen LogP contribution in [0.4, 0.5) is 5.13 Å². The van der Waals surface area contributed by atoms with Gasteiger partial charge >= 0.3 is 5.97 Å². The molecular formula is C10H17N3O2S. The van der Waals surface area contributed by atoms with Crippen LogP contribution in [0.25, 0.3) is 0 Å². The number of esters is 1. The van der Waals surface area contributed by atoms with Gasteiger partial charge in [-0.25, -0.2) is 4.98 Å². The van der Waals surface area contributed by atoms with Crippen molar-refractivity contribution in [3.63, 3.8) is 0 Å². The summed E-state index contributed by atoms with van der Waals surface area (Å²) in [6.07, 6.45) is 2.74. The topological polar surface area (TPSA) is 68.5 Å². The van der Waals surface area contributed by atoms with Crippen molar-refractivity contribution in [2.24, 2.45) is 0 Å². The van der Waals surface area contributed by atoms with Crippen molar-refractivity contribution in [1.82, 2.24) is 9.88 Å². The highest BCUT2D eigenvalue weighted by Crippen LogP contribution is 2.16. The molecule has 0 unspecified atom stereocenters. The van der Waals surface area contributed by atoms with E-state index in [4.69, 9.17) is 5.73 Å². The van der Waals surface area contributed by atoms with Crippen LogP contribution in [0.2, 0.25) is 0 Å². The molecule has 90 valence electrons. The van der Waals surface area contributed by atoms with Gasteiger partial charge in [-0.2, -0.15) is 0 Å². The number of ether oxygens (including phenoxy) is 1. The molecule has 16 heavy (non-hydrogen) atoms. The van der Waals surface area contributed by atoms with Crippen LogP contribution in [0.5, 0.6) is 0 Å². The fraction of sp³-hybridized carbons (Fsp3) is 0.600. The summed E-state index contributed by atoms with van der Waals surface area (Å²) in [6.45, 7) is 3.93. The van der Waals surface area contributed by atoms with Gasteiger partial charge in [0, 0.05) is 17.6 Å². The van der Waals surface area contributed by atoms with E-state index in [2.05, 4.69) is 16.6 Å². The van der Waals surface area contributed by atoms with E-state index in [9.17, 15) is 4.79 Å². The maximum Gasteiger partial charge on any atom is 0.319 e. The third kappa shape index (κ3) is 4.16. The van der Waals surface area contributed by atoms with E-state index < -0.39 is 0 Å². The summed E-state index contributed by atoms with van der Waals surface area (Å²) in [7, 11) is 1.40. The third-order valence-electron chi connectivity index (χ3n) is 2.07. The van der Waals surface area contributed by atoms with Crippen molar-refractivity contribution in [2.75, 3.05) is 25.9 Å². The van der Waals surface area contributed by atoms with Gasteiger partial charge in [-0.05, 0) is 13.0 Å². The minimum atomic E-state index is -0.217. The molecule has 0 aliphatic heterocycles. The Kier molecular flexibility index (Phi) is 5.21. The minimum absolute atomic E-state index is 0.217. The van der Waals surface area contributed by atoms with E-state index in [1.54, 1.807) is 6.20 Å². The van der Waals surface area contributed by atoms with E-state index in [-0.39, 0.29) is 5.97 Å². The first-order chi connectivity index (χ1) is 7.65. The zero-order valence-corrected chi connectivity index (χ0v) is 10.4. The van der Waals surface area contributed by atoms with Crippen LogP contribution < -0.4 is 5.73 Å². The predicted molar refractivity (Wildman–Crippen MR) is 64.1 cm³/mol. The van der Waals surface area contributed by atoms with E-state index in [0.717, 1.165) is 17.8 Å². The Morgan fingerprint density at radius 1 is 1.69 bits per heavy atom. The minimum Gasteiger partial charge on any atom is -0.468 e. The van der Waals surface area contributed by atoms with Crippen LogP contribution >= 0.6 is 11.3 Å². The molecule has 0 spiro atoms. The molecule has 0 saturated heterocycles. The number of hydrogen-bond acceptors (Lipinski definition) is 6. The molecule has 0 aromatic carbocycles. The van der Waals surface area contributed by atoms with Gasteiger partial charge < -0.3 is 10.5 Å². The van der Waals surface area contributed by atoms with Crippen molar-refractivity contribution >= 4 is 22.4 Å². The number of anilines is 1. The molecule has 0 saturated carbocycles. The van der Waals surface area contributed by atoms with Gasteiger partial charge in [0.05, 0.1) is 13.7 Å². The van der Waals surface area contributed by atoms with E-state index in [1.165, 1.54) is 18.4 Å². The van der Waals surface area contributed by atoms with Crippen LogP contribution in [-0.4, -0.2) is 36.1 Å². The Bertz CT molecular complexity index is 341. The first-order valence-electron chi connectivity index (χ1n) is 5.15. The maximum atomic E-state index is 11.2. The number of carbonyl (C=O) groups is 1. The lowest BCUT2D eigenvalue weighted by molar-refractivity contribution is -0.142. The molecule has 0 radical (unpaired) electrons. The van der Waals surface area contributed by atoms with E-state index in [1.807, 2.05) is 4.90 Å². The molecule has 1 aromatic heterocycles. The normalized spacial score (nSPS) is 10.7. The van der Waals surface area contributed by atoms with Crippen LogP contribution in [-0.2, 0) is 16.1 Å². The molecule has 6 heteroatoms. The summed E-state index contributed by atoms with van der Waals surface area (Å²) in [4.78, 5) is 18.3. The number of methoxy groups -OCH3 is 1. The summed E-state index contributed by atoms with van der Waals surface area (Å²) in [6, 6.07) is 0. The number of aromatic nitrogens is 1. The number of rotatable bonds is 6. The number of nitrogen functional groups attached to an aromatic ring is 1. The fourth-order valence-corrected chi connectivity index (χ4v) is 2.12. The van der Waals surface area contributed by atoms with E-state index >= 15 is 0 Å². The van der Waals surface area contributed by atoms with Crippen molar-refractivity contribution in [3.8, 4) is 0 Å². The van der Waals surface area contributed by atoms with Gasteiger partial charge in [0.15, 0.2) is 5.13 Å². The second-order valence-electron chi connectivity index (χ2n) is 3.45. The summed E-state index contributed by atoms with van der Waals surface area (Å²) >= 11 is 1.45. The molecule has 0 bridgehead atoms. The van der Waals surface area contributed by atoms with Gasteiger partial charge in [0.2, 0.25) is 0 Å². The monoisotopic (exact) mass is 243 g/mol. The summed E-state index contributed by atoms with van der Waals surface area (Å²) in [5, 5.41) is 0.560. The number of nitrogens with zero attached hydrogens (tertiary/aromatic N) is 2. The molecule has 1 rings (SSSR count). The zero-order chi connectivity index (χ0) is 12.0. The van der Waals surface area contributed by atoms with Crippen molar-refractivity contribution in [1.29, 1.82) is 0 Å². The lowest BCUT2D eigenvalue weighted by atomic mass is 10.3. The Balaban J connectivity index is 2.53. The quantitative estimate of drug-likeness (QED) is 0.758. The van der Waals surface area contributed by atoms with Gasteiger partial charge in [-0.15, -0.1) is 11.3 Å². The SMILES string of the molecule is CCCN(CC(=O)OC)Cc1cnc(N)s1. The lowest BCUT2D eigenvalue weighted by Gasteiger charge is -2.18. The standard InChI is InChI=1S/C10H17N3O2S/c1-3-4-13(7-9(14)15-2)6-8-5-12-10(11)16-8/h5H,3-4,6-7H2,1-2H3,(H2,11,12). The Morgan fingerprint density at radius 2 is 2.44 bits per heavy atom. The summed E-state index contributed by atoms with van der Waals surface area (Å²) < 4.78 is 4.65. The van der Waals surface area contributed by atoms with Crippen molar-refractivity contribution in [3.05, 3.63) is 11.1 Å². The fourth-order valence-electron chi connectivity index (χ4n) is 1.39. The third-order valence-corrected chi connectivity index (χ3v) is 2.88. The average molecular weight is 243 g/mol. The van der Waals surface area contributed by atoms with Gasteiger partial charge in [0.1, 0.15) is 0 Å². The van der Waals surface area contributed by atoms with Gasteiger partial charge in [-0.1, -0.05) is 6.92 Å². The molecular weight excluding hydrogens is 226 g/mol. The predicted octanol–water partition coefficient (Wildman–Crippen LogP) is 1.11.